The van der Waals surface area contributed by atoms with Crippen molar-refractivity contribution in [3.05, 3.63) is 35.3 Å². The average molecular weight is 309 g/mol. The van der Waals surface area contributed by atoms with Crippen molar-refractivity contribution in [1.29, 1.82) is 0 Å². The first-order valence-electron chi connectivity index (χ1n) is 6.51. The van der Waals surface area contributed by atoms with Gasteiger partial charge >= 0.3 is 11.9 Å². The van der Waals surface area contributed by atoms with Crippen LogP contribution >= 0.6 is 0 Å². The van der Waals surface area contributed by atoms with Crippen LogP contribution in [0.2, 0.25) is 0 Å². The minimum Gasteiger partial charge on any atom is -0.496 e. The molecule has 1 fully saturated rings. The molecule has 0 bridgehead atoms. The molecule has 0 aliphatic carbocycles. The summed E-state index contributed by atoms with van der Waals surface area (Å²) in [4.78, 5) is 23.5. The fourth-order valence-corrected chi connectivity index (χ4v) is 1.91. The number of hydrogen-bond donors (Lipinski definition) is 1. The Morgan fingerprint density at radius 1 is 1.23 bits per heavy atom. The Bertz CT molecular complexity index is 644. The summed E-state index contributed by atoms with van der Waals surface area (Å²) in [5.41, 5.74) is 0.329. The van der Waals surface area contributed by atoms with Crippen molar-refractivity contribution >= 4 is 17.6 Å². The molecule has 0 radical (unpaired) electrons. The minimum absolute atomic E-state index is 0.0559. The Labute approximate surface area is 126 Å². The summed E-state index contributed by atoms with van der Waals surface area (Å²) >= 11 is 0. The van der Waals surface area contributed by atoms with E-state index in [1.807, 2.05) is 0 Å². The molecule has 22 heavy (non-hydrogen) atoms. The maximum Gasteiger partial charge on any atom is 0.350 e. The van der Waals surface area contributed by atoms with E-state index < -0.39 is 23.5 Å². The third-order valence-corrected chi connectivity index (χ3v) is 2.97. The molecule has 7 heteroatoms. The number of aryl methyl sites for hydroxylation is 1. The molecule has 0 amide bonds. The summed E-state index contributed by atoms with van der Waals surface area (Å²) in [6.45, 7) is 4.58. The van der Waals surface area contributed by atoms with Crippen LogP contribution in [0, 0.1) is 12.7 Å². The van der Waals surface area contributed by atoms with Gasteiger partial charge in [0.05, 0.1) is 12.8 Å². The van der Waals surface area contributed by atoms with Gasteiger partial charge in [-0.25, -0.2) is 14.0 Å². The molecule has 0 saturated carbocycles. The molecule has 1 aromatic rings. The molecule has 1 aliphatic rings. The SMILES string of the molecule is COc1cc(NC=C2C(=O)OC(C)(C)OC2=O)c(F)cc1C. The van der Waals surface area contributed by atoms with Crippen LogP contribution in [0.15, 0.2) is 23.9 Å². The Hall–Kier alpha value is -2.57. The first-order chi connectivity index (χ1) is 10.2. The van der Waals surface area contributed by atoms with Crippen LogP contribution in [0.25, 0.3) is 0 Å². The van der Waals surface area contributed by atoms with Crippen LogP contribution in [0.1, 0.15) is 19.4 Å². The van der Waals surface area contributed by atoms with E-state index >= 15 is 0 Å². The van der Waals surface area contributed by atoms with Gasteiger partial charge in [-0.3, -0.25) is 0 Å². The minimum atomic E-state index is -1.32. The molecule has 0 spiro atoms. The zero-order valence-electron chi connectivity index (χ0n) is 12.7. The second-order valence-corrected chi connectivity index (χ2v) is 5.18. The summed E-state index contributed by atoms with van der Waals surface area (Å²) < 4.78 is 28.8. The predicted octanol–water partition coefficient (Wildman–Crippen LogP) is 2.27. The largest absolute Gasteiger partial charge is 0.496 e. The third-order valence-electron chi connectivity index (χ3n) is 2.97. The maximum atomic E-state index is 13.9. The summed E-state index contributed by atoms with van der Waals surface area (Å²) in [6, 6.07) is 2.70. The summed E-state index contributed by atoms with van der Waals surface area (Å²) in [5.74, 6) is -3.07. The van der Waals surface area contributed by atoms with Gasteiger partial charge in [-0.15, -0.1) is 0 Å². The molecule has 6 nitrogen and oxygen atoms in total. The first kappa shape index (κ1) is 15.8. The summed E-state index contributed by atoms with van der Waals surface area (Å²) in [6.07, 6.45) is 1.05. The molecule has 1 aliphatic heterocycles. The fourth-order valence-electron chi connectivity index (χ4n) is 1.91. The van der Waals surface area contributed by atoms with Crippen LogP contribution in [0.5, 0.6) is 5.75 Å². The number of anilines is 1. The Morgan fingerprint density at radius 2 is 1.82 bits per heavy atom. The third kappa shape index (κ3) is 3.19. The molecule has 1 heterocycles. The van der Waals surface area contributed by atoms with Gasteiger partial charge in [0.25, 0.3) is 5.79 Å². The van der Waals surface area contributed by atoms with Crippen molar-refractivity contribution in [1.82, 2.24) is 0 Å². The molecule has 1 N–H and O–H groups in total. The molecule has 0 unspecified atom stereocenters. The van der Waals surface area contributed by atoms with Gasteiger partial charge in [-0.2, -0.15) is 0 Å². The highest BCUT2D eigenvalue weighted by molar-refractivity contribution is 6.15. The van der Waals surface area contributed by atoms with Crippen molar-refractivity contribution in [2.24, 2.45) is 0 Å². The van der Waals surface area contributed by atoms with Crippen LogP contribution in [-0.2, 0) is 19.1 Å². The van der Waals surface area contributed by atoms with Crippen LogP contribution in [0.4, 0.5) is 10.1 Å². The molecular formula is C15H16FNO5. The van der Waals surface area contributed by atoms with Crippen molar-refractivity contribution in [2.45, 2.75) is 26.6 Å². The number of cyclic esters (lactones) is 2. The number of methoxy groups -OCH3 is 1. The van der Waals surface area contributed by atoms with Crippen LogP contribution < -0.4 is 10.1 Å². The maximum absolute atomic E-state index is 13.9. The number of hydrogen-bond acceptors (Lipinski definition) is 6. The molecule has 1 saturated heterocycles. The van der Waals surface area contributed by atoms with Gasteiger partial charge in [-0.1, -0.05) is 0 Å². The van der Waals surface area contributed by atoms with Crippen molar-refractivity contribution in [3.63, 3.8) is 0 Å². The van der Waals surface area contributed by atoms with Crippen LogP contribution in [0.3, 0.4) is 0 Å². The number of esters is 2. The second kappa shape index (κ2) is 5.67. The van der Waals surface area contributed by atoms with Crippen molar-refractivity contribution < 1.29 is 28.2 Å². The summed E-state index contributed by atoms with van der Waals surface area (Å²) in [7, 11) is 1.46. The number of carbonyl (C=O) groups is 2. The van der Waals surface area contributed by atoms with Gasteiger partial charge in [0, 0.05) is 26.1 Å². The zero-order valence-corrected chi connectivity index (χ0v) is 12.7. The topological polar surface area (TPSA) is 73.9 Å². The molecule has 1 aromatic carbocycles. The van der Waals surface area contributed by atoms with E-state index in [2.05, 4.69) is 5.32 Å². The van der Waals surface area contributed by atoms with E-state index in [9.17, 15) is 14.0 Å². The lowest BCUT2D eigenvalue weighted by Crippen LogP contribution is -2.42. The van der Waals surface area contributed by atoms with Crippen molar-refractivity contribution in [2.75, 3.05) is 12.4 Å². The molecule has 2 rings (SSSR count). The van der Waals surface area contributed by atoms with Gasteiger partial charge in [0.2, 0.25) is 0 Å². The number of nitrogens with one attached hydrogen (secondary N) is 1. The average Bonchev–Trinajstić information content (AvgIpc) is 2.38. The lowest BCUT2D eigenvalue weighted by molar-refractivity contribution is -0.222. The highest BCUT2D eigenvalue weighted by Crippen LogP contribution is 2.27. The molecule has 0 atom stereocenters. The van der Waals surface area contributed by atoms with E-state index in [4.69, 9.17) is 14.2 Å². The second-order valence-electron chi connectivity index (χ2n) is 5.18. The van der Waals surface area contributed by atoms with Crippen molar-refractivity contribution in [3.8, 4) is 5.75 Å². The lowest BCUT2D eigenvalue weighted by atomic mass is 10.2. The normalized spacial score (nSPS) is 16.7. The van der Waals surface area contributed by atoms with Gasteiger partial charge in [0.1, 0.15) is 11.6 Å². The predicted molar refractivity (Wildman–Crippen MR) is 75.7 cm³/mol. The van der Waals surface area contributed by atoms with Gasteiger partial charge in [0.15, 0.2) is 5.57 Å². The fraction of sp³-hybridized carbons (Fsp3) is 0.333. The first-order valence-corrected chi connectivity index (χ1v) is 6.51. The number of carbonyl (C=O) groups excluding carboxylic acids is 2. The summed E-state index contributed by atoms with van der Waals surface area (Å²) in [5, 5.41) is 2.55. The zero-order chi connectivity index (χ0) is 16.5. The highest BCUT2D eigenvalue weighted by atomic mass is 19.1. The van der Waals surface area contributed by atoms with Crippen LogP contribution in [-0.4, -0.2) is 24.8 Å². The smallest absolute Gasteiger partial charge is 0.350 e. The van der Waals surface area contributed by atoms with Gasteiger partial charge in [-0.05, 0) is 18.6 Å². The number of rotatable bonds is 3. The molecule has 0 aromatic heterocycles. The number of benzene rings is 1. The Kier molecular flexibility index (Phi) is 4.07. The van der Waals surface area contributed by atoms with E-state index in [-0.39, 0.29) is 11.3 Å². The molecule has 118 valence electrons. The Balaban J connectivity index is 2.25. The molecular weight excluding hydrogens is 293 g/mol. The highest BCUT2D eigenvalue weighted by Gasteiger charge is 2.38. The lowest BCUT2D eigenvalue weighted by Gasteiger charge is -2.29. The van der Waals surface area contributed by atoms with E-state index in [0.717, 1.165) is 6.20 Å². The van der Waals surface area contributed by atoms with E-state index in [1.54, 1.807) is 6.92 Å². The van der Waals surface area contributed by atoms with Gasteiger partial charge < -0.3 is 19.5 Å². The van der Waals surface area contributed by atoms with E-state index in [0.29, 0.717) is 11.3 Å². The standard InChI is InChI=1S/C15H16FNO5/c1-8-5-10(16)11(6-12(8)20-4)17-7-9-13(18)21-15(2,3)22-14(9)19/h5-7,17H,1-4H3. The monoisotopic (exact) mass is 309 g/mol. The number of ether oxygens (including phenoxy) is 3. The Morgan fingerprint density at radius 3 is 2.36 bits per heavy atom. The number of halogens is 1. The quantitative estimate of drug-likeness (QED) is 0.524. The van der Waals surface area contributed by atoms with E-state index in [1.165, 1.54) is 33.1 Å².